The lowest BCUT2D eigenvalue weighted by Crippen LogP contribution is -2.44. The molecule has 3 aliphatic carbocycles. The minimum absolute atomic E-state index is 0.360. The summed E-state index contributed by atoms with van der Waals surface area (Å²) in [6.45, 7) is 0. The summed E-state index contributed by atoms with van der Waals surface area (Å²) >= 11 is 0. The second-order valence-electron chi connectivity index (χ2n) is 9.01. The summed E-state index contributed by atoms with van der Waals surface area (Å²) in [7, 11) is 0. The Morgan fingerprint density at radius 3 is 2.50 bits per heavy atom. The third-order valence-electron chi connectivity index (χ3n) is 7.82. The molecule has 22 heavy (non-hydrogen) atoms. The first-order valence-corrected chi connectivity index (χ1v) is 9.81. The van der Waals surface area contributed by atoms with Gasteiger partial charge in [0.2, 0.25) is 5.91 Å². The van der Waals surface area contributed by atoms with E-state index in [2.05, 4.69) is 10.6 Å². The van der Waals surface area contributed by atoms with E-state index in [4.69, 9.17) is 0 Å². The van der Waals surface area contributed by atoms with Crippen molar-refractivity contribution in [3.63, 3.8) is 0 Å². The predicted molar refractivity (Wildman–Crippen MR) is 86.3 cm³/mol. The van der Waals surface area contributed by atoms with Crippen LogP contribution in [-0.2, 0) is 4.79 Å². The Hall–Kier alpha value is -0.570. The lowest BCUT2D eigenvalue weighted by atomic mass is 9.79. The van der Waals surface area contributed by atoms with Crippen LogP contribution in [0.5, 0.6) is 0 Å². The molecule has 3 heteroatoms. The molecule has 5 rings (SSSR count). The van der Waals surface area contributed by atoms with Crippen molar-refractivity contribution in [2.24, 2.45) is 29.6 Å². The van der Waals surface area contributed by atoms with E-state index in [0.717, 1.165) is 30.1 Å². The molecule has 2 saturated heterocycles. The van der Waals surface area contributed by atoms with Crippen molar-refractivity contribution in [1.82, 2.24) is 10.6 Å². The predicted octanol–water partition coefficient (Wildman–Crippen LogP) is 2.85. The van der Waals surface area contributed by atoms with Crippen LogP contribution >= 0.6 is 0 Å². The third kappa shape index (κ3) is 2.23. The van der Waals surface area contributed by atoms with Gasteiger partial charge in [0, 0.05) is 24.5 Å². The fourth-order valence-corrected chi connectivity index (χ4v) is 7.10. The molecule has 0 aromatic rings. The number of hydrogen-bond acceptors (Lipinski definition) is 2. The van der Waals surface area contributed by atoms with Crippen LogP contribution in [0.1, 0.15) is 64.2 Å². The second kappa shape index (κ2) is 5.22. The number of rotatable bonds is 3. The normalized spacial score (nSPS) is 52.0. The number of fused-ring (bicyclic) bond motifs is 7. The Morgan fingerprint density at radius 2 is 1.68 bits per heavy atom. The third-order valence-corrected chi connectivity index (χ3v) is 7.82. The van der Waals surface area contributed by atoms with Gasteiger partial charge in [-0.05, 0) is 81.0 Å². The zero-order valence-electron chi connectivity index (χ0n) is 13.6. The molecule has 0 aromatic heterocycles. The van der Waals surface area contributed by atoms with E-state index in [0.29, 0.717) is 30.0 Å². The maximum absolute atomic E-state index is 12.5. The average Bonchev–Trinajstić information content (AvgIpc) is 3.20. The van der Waals surface area contributed by atoms with Gasteiger partial charge in [-0.25, -0.2) is 0 Å². The quantitative estimate of drug-likeness (QED) is 0.841. The number of nitrogens with one attached hydrogen (secondary N) is 2. The molecule has 1 amide bonds. The monoisotopic (exact) mass is 302 g/mol. The van der Waals surface area contributed by atoms with Crippen LogP contribution in [0.2, 0.25) is 0 Å². The van der Waals surface area contributed by atoms with Gasteiger partial charge in [0.25, 0.3) is 0 Å². The summed E-state index contributed by atoms with van der Waals surface area (Å²) in [5.41, 5.74) is 0. The summed E-state index contributed by atoms with van der Waals surface area (Å²) in [5, 5.41) is 7.14. The summed E-state index contributed by atoms with van der Waals surface area (Å²) in [5.74, 6) is 4.75. The number of amides is 1. The van der Waals surface area contributed by atoms with Gasteiger partial charge in [-0.15, -0.1) is 0 Å². The molecule has 5 fully saturated rings. The molecular weight excluding hydrogens is 272 g/mol. The van der Waals surface area contributed by atoms with Crippen molar-refractivity contribution in [1.29, 1.82) is 0 Å². The molecule has 0 spiro atoms. The van der Waals surface area contributed by atoms with Crippen molar-refractivity contribution in [2.75, 3.05) is 0 Å². The van der Waals surface area contributed by atoms with Gasteiger partial charge in [0.05, 0.1) is 0 Å². The van der Waals surface area contributed by atoms with Crippen LogP contribution in [0.25, 0.3) is 0 Å². The molecule has 2 heterocycles. The van der Waals surface area contributed by atoms with E-state index in [1.807, 2.05) is 0 Å². The number of hydrogen-bond donors (Lipinski definition) is 2. The van der Waals surface area contributed by atoms with Gasteiger partial charge in [-0.3, -0.25) is 4.79 Å². The van der Waals surface area contributed by atoms with E-state index in [9.17, 15) is 4.79 Å². The van der Waals surface area contributed by atoms with Gasteiger partial charge in [0.15, 0.2) is 0 Å². The highest BCUT2D eigenvalue weighted by atomic mass is 16.1. The van der Waals surface area contributed by atoms with Crippen LogP contribution in [-0.4, -0.2) is 24.0 Å². The molecular formula is C19H30N2O. The summed E-state index contributed by atoms with van der Waals surface area (Å²) in [6.07, 6.45) is 13.0. The van der Waals surface area contributed by atoms with Crippen molar-refractivity contribution in [3.8, 4) is 0 Å². The molecule has 3 nitrogen and oxygen atoms in total. The Kier molecular flexibility index (Phi) is 3.28. The standard InChI is InChI=1S/C19H30N2O/c22-19(8-11-6-13-4-5-14(7-11)20-13)21-18-10-12-9-17(18)16-3-1-2-15(12)16/h11-18,20H,1-10H2,(H,21,22). The number of carbonyl (C=O) groups is 1. The van der Waals surface area contributed by atoms with Gasteiger partial charge < -0.3 is 10.6 Å². The van der Waals surface area contributed by atoms with Gasteiger partial charge in [-0.2, -0.15) is 0 Å². The number of piperidine rings is 1. The molecule has 7 atom stereocenters. The highest BCUT2D eigenvalue weighted by molar-refractivity contribution is 5.76. The van der Waals surface area contributed by atoms with Crippen molar-refractivity contribution >= 4 is 5.91 Å². The van der Waals surface area contributed by atoms with Crippen LogP contribution in [0.15, 0.2) is 0 Å². The maximum Gasteiger partial charge on any atom is 0.220 e. The van der Waals surface area contributed by atoms with Gasteiger partial charge >= 0.3 is 0 Å². The Balaban J connectivity index is 1.16. The highest BCUT2D eigenvalue weighted by Crippen LogP contribution is 2.58. The minimum atomic E-state index is 0.360. The van der Waals surface area contributed by atoms with Crippen LogP contribution in [0.3, 0.4) is 0 Å². The summed E-state index contributed by atoms with van der Waals surface area (Å²) < 4.78 is 0. The second-order valence-corrected chi connectivity index (χ2v) is 9.01. The van der Waals surface area contributed by atoms with Crippen LogP contribution in [0.4, 0.5) is 0 Å². The molecule has 7 unspecified atom stereocenters. The molecule has 2 aliphatic heterocycles. The molecule has 4 bridgehead atoms. The first kappa shape index (κ1) is 13.8. The van der Waals surface area contributed by atoms with E-state index in [-0.39, 0.29) is 0 Å². The van der Waals surface area contributed by atoms with E-state index in [1.54, 1.807) is 0 Å². The SMILES string of the molecule is O=C(CC1CC2CCC(C1)N2)NC1CC2CC1C1CCCC21. The maximum atomic E-state index is 12.5. The zero-order chi connectivity index (χ0) is 14.7. The molecule has 0 radical (unpaired) electrons. The zero-order valence-corrected chi connectivity index (χ0v) is 13.6. The molecule has 2 N–H and O–H groups in total. The molecule has 122 valence electrons. The smallest absolute Gasteiger partial charge is 0.220 e. The average molecular weight is 302 g/mol. The lowest BCUT2D eigenvalue weighted by molar-refractivity contribution is -0.123. The van der Waals surface area contributed by atoms with Crippen molar-refractivity contribution in [2.45, 2.75) is 82.3 Å². The van der Waals surface area contributed by atoms with E-state index in [1.165, 1.54) is 57.8 Å². The Bertz CT molecular complexity index is 452. The first-order valence-electron chi connectivity index (χ1n) is 9.81. The van der Waals surface area contributed by atoms with E-state index < -0.39 is 0 Å². The number of carbonyl (C=O) groups excluding carboxylic acids is 1. The highest BCUT2D eigenvalue weighted by Gasteiger charge is 2.54. The van der Waals surface area contributed by atoms with Crippen LogP contribution < -0.4 is 10.6 Å². The Labute approximate surface area is 134 Å². The van der Waals surface area contributed by atoms with Crippen molar-refractivity contribution < 1.29 is 4.79 Å². The molecule has 0 aromatic carbocycles. The molecule has 3 saturated carbocycles. The van der Waals surface area contributed by atoms with E-state index >= 15 is 0 Å². The fraction of sp³-hybridized carbons (Fsp3) is 0.947. The van der Waals surface area contributed by atoms with Gasteiger partial charge in [-0.1, -0.05) is 6.42 Å². The molecule has 5 aliphatic rings. The summed E-state index contributed by atoms with van der Waals surface area (Å²) in [6, 6.07) is 1.94. The summed E-state index contributed by atoms with van der Waals surface area (Å²) in [4.78, 5) is 12.5. The van der Waals surface area contributed by atoms with Crippen molar-refractivity contribution in [3.05, 3.63) is 0 Å². The topological polar surface area (TPSA) is 41.1 Å². The van der Waals surface area contributed by atoms with Gasteiger partial charge in [0.1, 0.15) is 0 Å². The lowest BCUT2D eigenvalue weighted by Gasteiger charge is -2.33. The fourth-order valence-electron chi connectivity index (χ4n) is 7.10. The largest absolute Gasteiger partial charge is 0.353 e. The minimum Gasteiger partial charge on any atom is -0.353 e. The van der Waals surface area contributed by atoms with Crippen LogP contribution in [0, 0.1) is 29.6 Å². The first-order chi connectivity index (χ1) is 10.8. The Morgan fingerprint density at radius 1 is 0.909 bits per heavy atom.